The molecule has 0 spiro atoms. The van der Waals surface area contributed by atoms with E-state index in [1.807, 2.05) is 47.8 Å². The van der Waals surface area contributed by atoms with Gasteiger partial charge >= 0.3 is 5.97 Å². The molecule has 0 aliphatic carbocycles. The molecule has 0 aromatic heterocycles. The minimum absolute atomic E-state index is 0.252. The molecular formula is C57H68N6O3S2. The van der Waals surface area contributed by atoms with Crippen LogP contribution in [0.5, 0.6) is 0 Å². The van der Waals surface area contributed by atoms with Crippen molar-refractivity contribution in [3.8, 4) is 0 Å². The Morgan fingerprint density at radius 1 is 0.544 bits per heavy atom. The Bertz CT molecular complexity index is 2390. The standard InChI is InChI=1S/C57H68N6O3S2/c1-3-5-7-9-11-13-15-22-40-61(49-24-18-16-19-25-49)58-43-47-30-36-52(37-31-47)63(51-26-20-17-21-27-51)53-38-32-48(33-39-53)44-59-62(41-23-14-12-10-8-6-4-2)50-34-28-46(29-35-50)42-54-56(66)60(45-55(64)65)57(67)68-54/h16-21,24-39,42-44H,3-15,22-23,40-41,45H2,1-2H3,(H,64,65)/b54-42-,58-43+,59-44+. The number of para-hydroxylation sites is 2. The number of rotatable bonds is 29. The molecule has 356 valence electrons. The Balaban J connectivity index is 1.15. The van der Waals surface area contributed by atoms with Gasteiger partial charge in [-0.25, -0.2) is 0 Å². The minimum Gasteiger partial charge on any atom is -0.480 e. The Kier molecular flexibility index (Phi) is 21.4. The Labute approximate surface area is 414 Å². The SMILES string of the molecule is CCCCCCCCCCN(/N=C/c1ccc(N(c2ccccc2)c2ccc(/C=N/N(CCCCCCCCC)c3ccc(/C=C4\SC(=S)N(CC(=O)O)C4=O)cc3)cc2)cc1)c1ccccc1. The van der Waals surface area contributed by atoms with Crippen LogP contribution < -0.4 is 14.9 Å². The maximum atomic E-state index is 12.9. The molecule has 6 rings (SSSR count). The number of thiocarbonyl (C=S) groups is 1. The molecule has 0 atom stereocenters. The summed E-state index contributed by atoms with van der Waals surface area (Å²) in [5.41, 5.74) is 8.03. The molecular weight excluding hydrogens is 881 g/mol. The summed E-state index contributed by atoms with van der Waals surface area (Å²) in [7, 11) is 0. The van der Waals surface area contributed by atoms with E-state index >= 15 is 0 Å². The van der Waals surface area contributed by atoms with Crippen molar-refractivity contribution in [2.75, 3.05) is 34.6 Å². The van der Waals surface area contributed by atoms with Gasteiger partial charge in [0.2, 0.25) is 0 Å². The van der Waals surface area contributed by atoms with Crippen molar-refractivity contribution in [1.82, 2.24) is 4.90 Å². The summed E-state index contributed by atoms with van der Waals surface area (Å²) in [5, 5.41) is 23.4. The molecule has 1 fully saturated rings. The van der Waals surface area contributed by atoms with Crippen LogP contribution in [0.15, 0.2) is 149 Å². The van der Waals surface area contributed by atoms with E-state index in [4.69, 9.17) is 22.4 Å². The molecule has 1 aliphatic rings. The molecule has 0 saturated carbocycles. The molecule has 1 amide bonds. The summed E-state index contributed by atoms with van der Waals surface area (Å²) >= 11 is 6.41. The third kappa shape index (κ3) is 16.3. The number of hydrogen-bond donors (Lipinski definition) is 1. The first-order valence-corrected chi connectivity index (χ1v) is 25.9. The number of amides is 1. The highest BCUT2D eigenvalue weighted by molar-refractivity contribution is 8.26. The molecule has 5 aromatic rings. The zero-order chi connectivity index (χ0) is 47.8. The van der Waals surface area contributed by atoms with E-state index < -0.39 is 12.5 Å². The lowest BCUT2D eigenvalue weighted by Gasteiger charge is -2.25. The third-order valence-electron chi connectivity index (χ3n) is 11.9. The van der Waals surface area contributed by atoms with Gasteiger partial charge in [0.25, 0.3) is 5.91 Å². The summed E-state index contributed by atoms with van der Waals surface area (Å²) in [6, 6.07) is 45.9. The smallest absolute Gasteiger partial charge is 0.323 e. The first-order chi connectivity index (χ1) is 33.3. The van der Waals surface area contributed by atoms with Gasteiger partial charge in [0.05, 0.1) is 28.7 Å². The van der Waals surface area contributed by atoms with Crippen LogP contribution in [0.1, 0.15) is 127 Å². The van der Waals surface area contributed by atoms with Crippen molar-refractivity contribution in [2.45, 2.75) is 110 Å². The van der Waals surface area contributed by atoms with E-state index in [1.54, 1.807) is 6.08 Å². The van der Waals surface area contributed by atoms with Gasteiger partial charge in [0, 0.05) is 30.2 Å². The predicted molar refractivity (Wildman–Crippen MR) is 292 cm³/mol. The van der Waals surface area contributed by atoms with Gasteiger partial charge in [-0.3, -0.25) is 24.5 Å². The van der Waals surface area contributed by atoms with Gasteiger partial charge in [-0.1, -0.05) is 194 Å². The number of carboxylic acid groups (broad SMARTS) is 1. The zero-order valence-electron chi connectivity index (χ0n) is 39.9. The summed E-state index contributed by atoms with van der Waals surface area (Å²) in [4.78, 5) is 28.0. The lowest BCUT2D eigenvalue weighted by Crippen LogP contribution is -2.33. The fourth-order valence-corrected chi connectivity index (χ4v) is 9.36. The second kappa shape index (κ2) is 28.3. The Morgan fingerprint density at radius 2 is 0.926 bits per heavy atom. The van der Waals surface area contributed by atoms with Crippen molar-refractivity contribution in [3.05, 3.63) is 155 Å². The molecule has 5 aromatic carbocycles. The average Bonchev–Trinajstić information content (AvgIpc) is 3.62. The molecule has 1 heterocycles. The highest BCUT2D eigenvalue weighted by atomic mass is 32.2. The van der Waals surface area contributed by atoms with Crippen molar-refractivity contribution in [3.63, 3.8) is 0 Å². The second-order valence-electron chi connectivity index (χ2n) is 17.3. The Morgan fingerprint density at radius 3 is 1.38 bits per heavy atom. The molecule has 1 aliphatic heterocycles. The first kappa shape index (κ1) is 51.4. The van der Waals surface area contributed by atoms with Crippen molar-refractivity contribution < 1.29 is 14.7 Å². The number of hydrogen-bond acceptors (Lipinski definition) is 9. The maximum absolute atomic E-state index is 12.9. The number of nitrogens with zero attached hydrogens (tertiary/aromatic N) is 6. The number of carbonyl (C=O) groups is 2. The number of hydrazone groups is 2. The number of carboxylic acids is 1. The lowest BCUT2D eigenvalue weighted by atomic mass is 10.1. The number of carbonyl (C=O) groups excluding carboxylic acids is 1. The number of anilines is 5. The monoisotopic (exact) mass is 948 g/mol. The summed E-state index contributed by atoms with van der Waals surface area (Å²) < 4.78 is 0.252. The van der Waals surface area contributed by atoms with Crippen molar-refractivity contribution in [1.29, 1.82) is 0 Å². The second-order valence-corrected chi connectivity index (χ2v) is 19.0. The fraction of sp³-hybridized carbons (Fsp3) is 0.351. The topological polar surface area (TPSA) is 92.1 Å². The molecule has 1 N–H and O–H groups in total. The van der Waals surface area contributed by atoms with Gasteiger partial charge in [0.1, 0.15) is 10.9 Å². The molecule has 68 heavy (non-hydrogen) atoms. The van der Waals surface area contributed by atoms with Crippen LogP contribution in [0.25, 0.3) is 6.08 Å². The van der Waals surface area contributed by atoms with E-state index in [1.165, 1.54) is 77.0 Å². The van der Waals surface area contributed by atoms with Crippen molar-refractivity contribution in [2.24, 2.45) is 10.2 Å². The summed E-state index contributed by atoms with van der Waals surface area (Å²) in [6.45, 7) is 5.72. The maximum Gasteiger partial charge on any atom is 0.323 e. The van der Waals surface area contributed by atoms with Crippen LogP contribution in [-0.2, 0) is 9.59 Å². The highest BCUT2D eigenvalue weighted by Gasteiger charge is 2.33. The summed E-state index contributed by atoms with van der Waals surface area (Å²) in [6.07, 6.45) is 24.3. The quantitative estimate of drug-likeness (QED) is 0.0167. The van der Waals surface area contributed by atoms with E-state index in [9.17, 15) is 14.7 Å². The number of benzene rings is 5. The van der Waals surface area contributed by atoms with Gasteiger partial charge in [0.15, 0.2) is 0 Å². The van der Waals surface area contributed by atoms with E-state index in [0.717, 1.165) is 94.1 Å². The van der Waals surface area contributed by atoms with Gasteiger partial charge in [-0.15, -0.1) is 0 Å². The number of thioether (sulfide) groups is 1. The fourth-order valence-electron chi connectivity index (χ4n) is 8.10. The largest absolute Gasteiger partial charge is 0.480 e. The highest BCUT2D eigenvalue weighted by Crippen LogP contribution is 2.35. The van der Waals surface area contributed by atoms with Crippen molar-refractivity contribution >= 4 is 87.1 Å². The molecule has 0 radical (unpaired) electrons. The first-order valence-electron chi connectivity index (χ1n) is 24.6. The minimum atomic E-state index is -1.10. The predicted octanol–water partition coefficient (Wildman–Crippen LogP) is 15.0. The average molecular weight is 949 g/mol. The number of unbranched alkanes of at least 4 members (excludes halogenated alkanes) is 13. The van der Waals surface area contributed by atoms with Crippen LogP contribution >= 0.6 is 24.0 Å². The molecule has 9 nitrogen and oxygen atoms in total. The summed E-state index contributed by atoms with van der Waals surface area (Å²) in [5.74, 6) is -1.49. The van der Waals surface area contributed by atoms with Crippen LogP contribution in [0, 0.1) is 0 Å². The normalized spacial score (nSPS) is 13.3. The van der Waals surface area contributed by atoms with E-state index in [-0.39, 0.29) is 10.2 Å². The van der Waals surface area contributed by atoms with Gasteiger partial charge in [-0.05, 0) is 96.3 Å². The van der Waals surface area contributed by atoms with Gasteiger partial charge in [-0.2, -0.15) is 10.2 Å². The van der Waals surface area contributed by atoms with E-state index in [0.29, 0.717) is 4.91 Å². The zero-order valence-corrected chi connectivity index (χ0v) is 41.6. The van der Waals surface area contributed by atoms with Crippen LogP contribution in [0.3, 0.4) is 0 Å². The molecule has 0 bridgehead atoms. The van der Waals surface area contributed by atoms with Gasteiger partial charge < -0.3 is 10.0 Å². The van der Waals surface area contributed by atoms with Crippen LogP contribution in [0.2, 0.25) is 0 Å². The number of aliphatic carboxylic acids is 1. The van der Waals surface area contributed by atoms with Crippen LogP contribution in [-0.4, -0.2) is 58.3 Å². The molecule has 11 heteroatoms. The van der Waals surface area contributed by atoms with Crippen LogP contribution in [0.4, 0.5) is 28.4 Å². The molecule has 1 saturated heterocycles. The molecule has 0 unspecified atom stereocenters. The third-order valence-corrected chi connectivity index (χ3v) is 13.3. The Hall–Kier alpha value is -6.04. The van der Waals surface area contributed by atoms with E-state index in [2.05, 4.69) is 127 Å². The lowest BCUT2D eigenvalue weighted by molar-refractivity contribution is -0.140.